The predicted octanol–water partition coefficient (Wildman–Crippen LogP) is 4.08. The highest BCUT2D eigenvalue weighted by Crippen LogP contribution is 2.23. The Morgan fingerprint density at radius 2 is 1.79 bits per heavy atom. The Morgan fingerprint density at radius 1 is 1.16 bits per heavy atom. The molecule has 1 amide bonds. The molecule has 4 heteroatoms. The van der Waals surface area contributed by atoms with Gasteiger partial charge in [-0.1, -0.05) is 46.3 Å². The monoisotopic (exact) mass is 321 g/mol. The zero-order chi connectivity index (χ0) is 13.8. The smallest absolute Gasteiger partial charge is 0.254 e. The molecule has 0 unspecified atom stereocenters. The van der Waals surface area contributed by atoms with Crippen molar-refractivity contribution in [3.63, 3.8) is 0 Å². The van der Waals surface area contributed by atoms with Crippen molar-refractivity contribution in [1.82, 2.24) is 5.32 Å². The largest absolute Gasteiger partial charge is 0.345 e. The van der Waals surface area contributed by atoms with E-state index in [0.717, 1.165) is 10.0 Å². The second kappa shape index (κ2) is 5.97. The van der Waals surface area contributed by atoms with Crippen LogP contribution in [0.4, 0.5) is 4.39 Å². The van der Waals surface area contributed by atoms with Crippen molar-refractivity contribution in [1.29, 1.82) is 0 Å². The predicted molar refractivity (Wildman–Crippen MR) is 76.4 cm³/mol. The first-order valence-electron chi connectivity index (χ1n) is 5.89. The molecule has 2 aromatic rings. The van der Waals surface area contributed by atoms with Crippen LogP contribution in [-0.2, 0) is 0 Å². The SMILES string of the molecule is C[C@@H](NC(=O)c1ccccc1F)c1ccccc1Br. The summed E-state index contributed by atoms with van der Waals surface area (Å²) in [7, 11) is 0. The topological polar surface area (TPSA) is 29.1 Å². The van der Waals surface area contributed by atoms with E-state index in [1.165, 1.54) is 12.1 Å². The van der Waals surface area contributed by atoms with E-state index < -0.39 is 11.7 Å². The van der Waals surface area contributed by atoms with Gasteiger partial charge in [0.25, 0.3) is 5.91 Å². The normalized spacial score (nSPS) is 11.9. The molecular weight excluding hydrogens is 309 g/mol. The highest BCUT2D eigenvalue weighted by molar-refractivity contribution is 9.10. The van der Waals surface area contributed by atoms with E-state index in [1.54, 1.807) is 12.1 Å². The molecule has 0 heterocycles. The van der Waals surface area contributed by atoms with E-state index in [0.29, 0.717) is 0 Å². The quantitative estimate of drug-likeness (QED) is 0.906. The molecule has 19 heavy (non-hydrogen) atoms. The lowest BCUT2D eigenvalue weighted by Crippen LogP contribution is -2.27. The van der Waals surface area contributed by atoms with Crippen molar-refractivity contribution in [2.24, 2.45) is 0 Å². The first-order chi connectivity index (χ1) is 9.09. The molecule has 0 aliphatic rings. The van der Waals surface area contributed by atoms with Crippen LogP contribution in [0.15, 0.2) is 53.0 Å². The van der Waals surface area contributed by atoms with Crippen LogP contribution in [0.25, 0.3) is 0 Å². The zero-order valence-corrected chi connectivity index (χ0v) is 11.9. The van der Waals surface area contributed by atoms with E-state index in [-0.39, 0.29) is 11.6 Å². The van der Waals surface area contributed by atoms with E-state index >= 15 is 0 Å². The molecule has 98 valence electrons. The van der Waals surface area contributed by atoms with E-state index in [1.807, 2.05) is 31.2 Å². The number of nitrogens with one attached hydrogen (secondary N) is 1. The third kappa shape index (κ3) is 3.20. The molecule has 1 N–H and O–H groups in total. The molecule has 0 spiro atoms. The van der Waals surface area contributed by atoms with Crippen LogP contribution in [0.5, 0.6) is 0 Å². The van der Waals surface area contributed by atoms with Gasteiger partial charge in [0.15, 0.2) is 0 Å². The number of hydrogen-bond donors (Lipinski definition) is 1. The van der Waals surface area contributed by atoms with E-state index in [9.17, 15) is 9.18 Å². The van der Waals surface area contributed by atoms with Gasteiger partial charge in [-0.3, -0.25) is 4.79 Å². The highest BCUT2D eigenvalue weighted by atomic mass is 79.9. The zero-order valence-electron chi connectivity index (χ0n) is 10.4. The Bertz CT molecular complexity index is 600. The Balaban J connectivity index is 2.16. The second-order valence-corrected chi connectivity index (χ2v) is 5.05. The van der Waals surface area contributed by atoms with Gasteiger partial charge in [-0.15, -0.1) is 0 Å². The number of benzene rings is 2. The minimum absolute atomic E-state index is 0.0569. The third-order valence-electron chi connectivity index (χ3n) is 2.84. The Morgan fingerprint density at radius 3 is 2.47 bits per heavy atom. The molecule has 0 aromatic heterocycles. The summed E-state index contributed by atoms with van der Waals surface area (Å²) < 4.78 is 14.4. The Labute approximate surface area is 119 Å². The fourth-order valence-electron chi connectivity index (χ4n) is 1.82. The van der Waals surface area contributed by atoms with E-state index in [2.05, 4.69) is 21.2 Å². The average Bonchev–Trinajstić information content (AvgIpc) is 2.39. The van der Waals surface area contributed by atoms with Crippen LogP contribution in [0.1, 0.15) is 28.9 Å². The van der Waals surface area contributed by atoms with Gasteiger partial charge in [-0.2, -0.15) is 0 Å². The van der Waals surface area contributed by atoms with E-state index in [4.69, 9.17) is 0 Å². The maximum Gasteiger partial charge on any atom is 0.254 e. The average molecular weight is 322 g/mol. The molecule has 2 aromatic carbocycles. The summed E-state index contributed by atoms with van der Waals surface area (Å²) in [6, 6.07) is 13.4. The maximum absolute atomic E-state index is 13.5. The Kier molecular flexibility index (Phi) is 4.32. The molecule has 0 bridgehead atoms. The summed E-state index contributed by atoms with van der Waals surface area (Å²) in [6.45, 7) is 1.86. The van der Waals surface area contributed by atoms with Crippen molar-refractivity contribution in [3.05, 3.63) is 69.9 Å². The van der Waals surface area contributed by atoms with Crippen molar-refractivity contribution >= 4 is 21.8 Å². The number of carbonyl (C=O) groups is 1. The molecule has 0 fully saturated rings. The van der Waals surface area contributed by atoms with Crippen molar-refractivity contribution < 1.29 is 9.18 Å². The third-order valence-corrected chi connectivity index (χ3v) is 3.56. The van der Waals surface area contributed by atoms with Crippen LogP contribution < -0.4 is 5.32 Å². The lowest BCUT2D eigenvalue weighted by Gasteiger charge is -2.16. The minimum Gasteiger partial charge on any atom is -0.345 e. The van der Waals surface area contributed by atoms with Gasteiger partial charge in [-0.05, 0) is 30.7 Å². The lowest BCUT2D eigenvalue weighted by atomic mass is 10.1. The van der Waals surface area contributed by atoms with Crippen LogP contribution in [0.3, 0.4) is 0 Å². The minimum atomic E-state index is -0.515. The number of halogens is 2. The van der Waals surface area contributed by atoms with Crippen molar-refractivity contribution in [2.45, 2.75) is 13.0 Å². The van der Waals surface area contributed by atoms with Gasteiger partial charge in [-0.25, -0.2) is 4.39 Å². The standard InChI is InChI=1S/C15H13BrFNO/c1-10(11-6-2-4-8-13(11)16)18-15(19)12-7-3-5-9-14(12)17/h2-10H,1H3,(H,18,19)/t10-/m1/s1. The van der Waals surface area contributed by atoms with Crippen LogP contribution >= 0.6 is 15.9 Å². The summed E-state index contributed by atoms with van der Waals surface area (Å²) >= 11 is 3.43. The fourth-order valence-corrected chi connectivity index (χ4v) is 2.45. The summed E-state index contributed by atoms with van der Waals surface area (Å²) in [4.78, 5) is 12.0. The van der Waals surface area contributed by atoms with Gasteiger partial charge in [0, 0.05) is 4.47 Å². The molecule has 2 rings (SSSR count). The fraction of sp³-hybridized carbons (Fsp3) is 0.133. The van der Waals surface area contributed by atoms with Crippen LogP contribution in [0.2, 0.25) is 0 Å². The van der Waals surface area contributed by atoms with Crippen LogP contribution in [0, 0.1) is 5.82 Å². The first-order valence-corrected chi connectivity index (χ1v) is 6.68. The van der Waals surface area contributed by atoms with Gasteiger partial charge < -0.3 is 5.32 Å². The molecule has 0 aliphatic heterocycles. The van der Waals surface area contributed by atoms with Gasteiger partial charge in [0.2, 0.25) is 0 Å². The first kappa shape index (κ1) is 13.7. The van der Waals surface area contributed by atoms with Crippen molar-refractivity contribution in [3.8, 4) is 0 Å². The van der Waals surface area contributed by atoms with Gasteiger partial charge in [0.05, 0.1) is 11.6 Å². The highest BCUT2D eigenvalue weighted by Gasteiger charge is 2.15. The maximum atomic E-state index is 13.5. The molecular formula is C15H13BrFNO. The molecule has 0 saturated carbocycles. The molecule has 0 saturated heterocycles. The molecule has 0 aliphatic carbocycles. The number of rotatable bonds is 3. The molecule has 1 atom stereocenters. The van der Waals surface area contributed by atoms with Gasteiger partial charge >= 0.3 is 0 Å². The van der Waals surface area contributed by atoms with Gasteiger partial charge in [0.1, 0.15) is 5.82 Å². The number of carbonyl (C=O) groups excluding carboxylic acids is 1. The number of hydrogen-bond acceptors (Lipinski definition) is 1. The number of amides is 1. The molecule has 2 nitrogen and oxygen atoms in total. The summed E-state index contributed by atoms with van der Waals surface area (Å²) in [6.07, 6.45) is 0. The summed E-state index contributed by atoms with van der Waals surface area (Å²) in [5.74, 6) is -0.930. The second-order valence-electron chi connectivity index (χ2n) is 4.20. The Hall–Kier alpha value is -1.68. The van der Waals surface area contributed by atoms with Crippen LogP contribution in [-0.4, -0.2) is 5.91 Å². The van der Waals surface area contributed by atoms with Crippen molar-refractivity contribution in [2.75, 3.05) is 0 Å². The summed E-state index contributed by atoms with van der Waals surface area (Å²) in [5.41, 5.74) is 1.01. The lowest BCUT2D eigenvalue weighted by molar-refractivity contribution is 0.0935. The summed E-state index contributed by atoms with van der Waals surface area (Å²) in [5, 5.41) is 2.79. The molecule has 0 radical (unpaired) electrons.